The van der Waals surface area contributed by atoms with E-state index < -0.39 is 0 Å². The summed E-state index contributed by atoms with van der Waals surface area (Å²) < 4.78 is 16.1. The summed E-state index contributed by atoms with van der Waals surface area (Å²) in [6.07, 6.45) is 0. The van der Waals surface area contributed by atoms with Crippen LogP contribution in [0.15, 0.2) is 18.2 Å². The predicted molar refractivity (Wildman–Crippen MR) is 63.6 cm³/mol. The molecule has 1 rings (SSSR count). The topological polar surface area (TPSA) is 39.7 Å². The van der Waals surface area contributed by atoms with E-state index in [1.807, 2.05) is 32.2 Å². The molecule has 90 valence electrons. The quantitative estimate of drug-likeness (QED) is 0.799. The Kier molecular flexibility index (Phi) is 4.92. The molecule has 1 atom stereocenters. The van der Waals surface area contributed by atoms with Gasteiger partial charge in [-0.3, -0.25) is 0 Å². The van der Waals surface area contributed by atoms with E-state index in [-0.39, 0.29) is 6.04 Å². The molecule has 1 aromatic carbocycles. The van der Waals surface area contributed by atoms with E-state index in [4.69, 9.17) is 14.2 Å². The molecule has 0 aliphatic heterocycles. The van der Waals surface area contributed by atoms with Crippen LogP contribution in [0.4, 0.5) is 0 Å². The molecule has 4 nitrogen and oxygen atoms in total. The number of hydrogen-bond acceptors (Lipinski definition) is 4. The molecule has 0 fully saturated rings. The zero-order valence-corrected chi connectivity index (χ0v) is 10.2. The minimum atomic E-state index is 0.273. The van der Waals surface area contributed by atoms with Crippen LogP contribution in [-0.2, 0) is 0 Å². The molecule has 1 unspecified atom stereocenters. The molecule has 1 aromatic rings. The Bertz CT molecular complexity index is 306. The van der Waals surface area contributed by atoms with Crippen LogP contribution in [0.1, 0.15) is 6.92 Å². The van der Waals surface area contributed by atoms with Crippen LogP contribution in [0, 0.1) is 0 Å². The second-order valence-electron chi connectivity index (χ2n) is 3.49. The van der Waals surface area contributed by atoms with E-state index in [9.17, 15) is 0 Å². The maximum absolute atomic E-state index is 5.69. The Morgan fingerprint density at radius 2 is 1.75 bits per heavy atom. The number of nitrogens with one attached hydrogen (secondary N) is 1. The van der Waals surface area contributed by atoms with Crippen molar-refractivity contribution < 1.29 is 14.2 Å². The number of para-hydroxylation sites is 1. The molecule has 0 spiro atoms. The maximum Gasteiger partial charge on any atom is 0.203 e. The molecule has 0 saturated heterocycles. The van der Waals surface area contributed by atoms with Crippen molar-refractivity contribution in [1.82, 2.24) is 5.32 Å². The fourth-order valence-electron chi connectivity index (χ4n) is 1.25. The first kappa shape index (κ1) is 12.6. The van der Waals surface area contributed by atoms with E-state index >= 15 is 0 Å². The summed E-state index contributed by atoms with van der Waals surface area (Å²) >= 11 is 0. The van der Waals surface area contributed by atoms with Gasteiger partial charge in [0.25, 0.3) is 0 Å². The van der Waals surface area contributed by atoms with Crippen LogP contribution in [-0.4, -0.2) is 33.9 Å². The van der Waals surface area contributed by atoms with Gasteiger partial charge in [0.05, 0.1) is 14.2 Å². The van der Waals surface area contributed by atoms with Crippen molar-refractivity contribution in [3.05, 3.63) is 18.2 Å². The Morgan fingerprint density at radius 3 is 2.19 bits per heavy atom. The van der Waals surface area contributed by atoms with Gasteiger partial charge in [0.1, 0.15) is 6.61 Å². The third-order valence-electron chi connectivity index (χ3n) is 2.35. The maximum atomic E-state index is 5.69. The Morgan fingerprint density at radius 1 is 1.19 bits per heavy atom. The van der Waals surface area contributed by atoms with Crippen LogP contribution in [0.2, 0.25) is 0 Å². The molecule has 0 heterocycles. The first-order chi connectivity index (χ1) is 7.72. The lowest BCUT2D eigenvalue weighted by Gasteiger charge is -2.16. The Hall–Kier alpha value is -1.42. The summed E-state index contributed by atoms with van der Waals surface area (Å²) in [5, 5.41) is 3.10. The summed E-state index contributed by atoms with van der Waals surface area (Å²) in [5.41, 5.74) is 0. The lowest BCUT2D eigenvalue weighted by molar-refractivity contribution is 0.250. The van der Waals surface area contributed by atoms with Gasteiger partial charge in [0.2, 0.25) is 5.75 Å². The van der Waals surface area contributed by atoms with E-state index in [0.29, 0.717) is 23.9 Å². The second kappa shape index (κ2) is 6.23. The molecule has 0 saturated carbocycles. The van der Waals surface area contributed by atoms with Crippen molar-refractivity contribution >= 4 is 0 Å². The monoisotopic (exact) mass is 225 g/mol. The number of rotatable bonds is 6. The van der Waals surface area contributed by atoms with Crippen LogP contribution in [0.3, 0.4) is 0 Å². The highest BCUT2D eigenvalue weighted by Crippen LogP contribution is 2.36. The van der Waals surface area contributed by atoms with E-state index in [1.165, 1.54) is 0 Å². The van der Waals surface area contributed by atoms with Gasteiger partial charge in [-0.25, -0.2) is 0 Å². The van der Waals surface area contributed by atoms with Crippen LogP contribution in [0.25, 0.3) is 0 Å². The van der Waals surface area contributed by atoms with Crippen molar-refractivity contribution in [2.45, 2.75) is 13.0 Å². The lowest BCUT2D eigenvalue weighted by atomic mass is 10.3. The third kappa shape index (κ3) is 3.03. The van der Waals surface area contributed by atoms with Gasteiger partial charge in [0, 0.05) is 6.04 Å². The fraction of sp³-hybridized carbons (Fsp3) is 0.500. The van der Waals surface area contributed by atoms with Gasteiger partial charge in [-0.1, -0.05) is 6.07 Å². The molecule has 1 N–H and O–H groups in total. The first-order valence-corrected chi connectivity index (χ1v) is 5.24. The third-order valence-corrected chi connectivity index (χ3v) is 2.35. The van der Waals surface area contributed by atoms with Crippen LogP contribution in [0.5, 0.6) is 17.2 Å². The molecule has 0 amide bonds. The number of hydrogen-bond donors (Lipinski definition) is 1. The highest BCUT2D eigenvalue weighted by atomic mass is 16.5. The average molecular weight is 225 g/mol. The van der Waals surface area contributed by atoms with Crippen LogP contribution >= 0.6 is 0 Å². The van der Waals surface area contributed by atoms with Gasteiger partial charge in [-0.05, 0) is 26.1 Å². The highest BCUT2D eigenvalue weighted by Gasteiger charge is 2.11. The molecule has 0 bridgehead atoms. The molecule has 0 aliphatic rings. The van der Waals surface area contributed by atoms with Gasteiger partial charge < -0.3 is 19.5 Å². The second-order valence-corrected chi connectivity index (χ2v) is 3.49. The largest absolute Gasteiger partial charge is 0.493 e. The summed E-state index contributed by atoms with van der Waals surface area (Å²) in [6.45, 7) is 2.61. The summed E-state index contributed by atoms with van der Waals surface area (Å²) in [5.74, 6) is 2.01. The molecular weight excluding hydrogens is 206 g/mol. The van der Waals surface area contributed by atoms with Crippen LogP contribution < -0.4 is 19.5 Å². The molecule has 0 aliphatic carbocycles. The standard InChI is InChI=1S/C12H19NO3/c1-9(13-2)8-16-12-10(14-3)6-5-7-11(12)15-4/h5-7,9,13H,8H2,1-4H3. The van der Waals surface area contributed by atoms with Gasteiger partial charge in [-0.15, -0.1) is 0 Å². The number of likely N-dealkylation sites (N-methyl/N-ethyl adjacent to an activating group) is 1. The zero-order chi connectivity index (χ0) is 12.0. The van der Waals surface area contributed by atoms with E-state index in [2.05, 4.69) is 5.32 Å². The number of ether oxygens (including phenoxy) is 3. The van der Waals surface area contributed by atoms with Crippen molar-refractivity contribution in [2.24, 2.45) is 0 Å². The van der Waals surface area contributed by atoms with Crippen molar-refractivity contribution in [3.63, 3.8) is 0 Å². The fourth-order valence-corrected chi connectivity index (χ4v) is 1.25. The van der Waals surface area contributed by atoms with E-state index in [1.54, 1.807) is 14.2 Å². The zero-order valence-electron chi connectivity index (χ0n) is 10.2. The van der Waals surface area contributed by atoms with E-state index in [0.717, 1.165) is 0 Å². The number of methoxy groups -OCH3 is 2. The lowest BCUT2D eigenvalue weighted by Crippen LogP contribution is -2.28. The van der Waals surface area contributed by atoms with Gasteiger partial charge in [-0.2, -0.15) is 0 Å². The molecule has 0 radical (unpaired) electrons. The van der Waals surface area contributed by atoms with Crippen molar-refractivity contribution in [3.8, 4) is 17.2 Å². The summed E-state index contributed by atoms with van der Waals surface area (Å²) in [4.78, 5) is 0. The molecule has 0 aromatic heterocycles. The molecule has 4 heteroatoms. The summed E-state index contributed by atoms with van der Waals surface area (Å²) in [6, 6.07) is 5.84. The predicted octanol–water partition coefficient (Wildman–Crippen LogP) is 1.69. The first-order valence-electron chi connectivity index (χ1n) is 5.24. The minimum Gasteiger partial charge on any atom is -0.493 e. The average Bonchev–Trinajstić information content (AvgIpc) is 2.35. The van der Waals surface area contributed by atoms with Gasteiger partial charge in [0.15, 0.2) is 11.5 Å². The Labute approximate surface area is 96.5 Å². The molecular formula is C12H19NO3. The molecule has 16 heavy (non-hydrogen) atoms. The number of benzene rings is 1. The SMILES string of the molecule is CNC(C)COc1c(OC)cccc1OC. The summed E-state index contributed by atoms with van der Waals surface area (Å²) in [7, 11) is 5.12. The van der Waals surface area contributed by atoms with Crippen molar-refractivity contribution in [1.29, 1.82) is 0 Å². The smallest absolute Gasteiger partial charge is 0.203 e. The Balaban J connectivity index is 2.82. The minimum absolute atomic E-state index is 0.273. The van der Waals surface area contributed by atoms with Gasteiger partial charge >= 0.3 is 0 Å². The van der Waals surface area contributed by atoms with Crippen molar-refractivity contribution in [2.75, 3.05) is 27.9 Å². The normalized spacial score (nSPS) is 12.0. The highest BCUT2D eigenvalue weighted by molar-refractivity contribution is 5.51.